The second-order valence-corrected chi connectivity index (χ2v) is 7.79. The maximum absolute atomic E-state index is 12.3. The summed E-state index contributed by atoms with van der Waals surface area (Å²) in [4.78, 5) is 16.8. The molecule has 2 heterocycles. The Morgan fingerprint density at radius 2 is 1.89 bits per heavy atom. The summed E-state index contributed by atoms with van der Waals surface area (Å²) >= 11 is 3.68. The number of aromatic nitrogens is 5. The molecule has 27 heavy (non-hydrogen) atoms. The Morgan fingerprint density at radius 1 is 1.11 bits per heavy atom. The van der Waals surface area contributed by atoms with Gasteiger partial charge < -0.3 is 5.32 Å². The Kier molecular flexibility index (Phi) is 5.21. The molecule has 2 aromatic carbocycles. The third kappa shape index (κ3) is 4.37. The Hall–Kier alpha value is -2.66. The molecule has 0 saturated carbocycles. The van der Waals surface area contributed by atoms with Gasteiger partial charge in [-0.1, -0.05) is 24.3 Å². The molecular formula is C18H13IN6OS. The van der Waals surface area contributed by atoms with Crippen LogP contribution in [0.3, 0.4) is 0 Å². The lowest BCUT2D eigenvalue weighted by Crippen LogP contribution is -2.14. The second-order valence-electron chi connectivity index (χ2n) is 5.69. The van der Waals surface area contributed by atoms with Crippen LogP contribution in [0.15, 0.2) is 60.2 Å². The highest BCUT2D eigenvalue weighted by Crippen LogP contribution is 2.25. The fourth-order valence-electron chi connectivity index (χ4n) is 2.48. The lowest BCUT2D eigenvalue weighted by Gasteiger charge is -2.04. The topological polar surface area (TPSA) is 85.6 Å². The number of nitrogens with one attached hydrogen (secondary N) is 1. The number of anilines is 1. The van der Waals surface area contributed by atoms with Crippen LogP contribution in [0.2, 0.25) is 0 Å². The molecule has 1 amide bonds. The van der Waals surface area contributed by atoms with Gasteiger partial charge in [0, 0.05) is 14.5 Å². The minimum atomic E-state index is -0.103. The molecule has 1 N–H and O–H groups in total. The van der Waals surface area contributed by atoms with Crippen LogP contribution >= 0.6 is 33.9 Å². The van der Waals surface area contributed by atoms with E-state index < -0.39 is 0 Å². The second kappa shape index (κ2) is 7.92. The van der Waals surface area contributed by atoms with Crippen LogP contribution in [-0.2, 0) is 11.2 Å². The summed E-state index contributed by atoms with van der Waals surface area (Å²) in [5.74, 6) is -0.103. The molecule has 0 aliphatic carbocycles. The maximum Gasteiger partial charge on any atom is 0.230 e. The number of carbonyl (C=O) groups excluding carboxylic acids is 1. The number of carbonyl (C=O) groups is 1. The number of hydrogen-bond donors (Lipinski definition) is 1. The molecule has 2 aromatic heterocycles. The van der Waals surface area contributed by atoms with Crippen molar-refractivity contribution in [1.29, 1.82) is 0 Å². The van der Waals surface area contributed by atoms with E-state index in [4.69, 9.17) is 0 Å². The van der Waals surface area contributed by atoms with Gasteiger partial charge in [-0.05, 0) is 62.8 Å². The summed E-state index contributed by atoms with van der Waals surface area (Å²) in [6.45, 7) is 0. The molecule has 0 fully saturated rings. The first-order valence-electron chi connectivity index (χ1n) is 8.01. The van der Waals surface area contributed by atoms with Gasteiger partial charge in [0.2, 0.25) is 5.91 Å². The van der Waals surface area contributed by atoms with Crippen LogP contribution in [0.4, 0.5) is 5.13 Å². The van der Waals surface area contributed by atoms with Crippen molar-refractivity contribution in [2.45, 2.75) is 6.42 Å². The number of thiazole rings is 1. The molecule has 0 aliphatic heterocycles. The zero-order chi connectivity index (χ0) is 18.6. The van der Waals surface area contributed by atoms with E-state index in [0.717, 1.165) is 22.5 Å². The van der Waals surface area contributed by atoms with E-state index >= 15 is 0 Å². The van der Waals surface area contributed by atoms with Gasteiger partial charge in [-0.15, -0.1) is 16.4 Å². The minimum Gasteiger partial charge on any atom is -0.302 e. The number of halogens is 1. The third-order valence-corrected chi connectivity index (χ3v) is 5.28. The molecule has 0 aliphatic rings. The summed E-state index contributed by atoms with van der Waals surface area (Å²) in [5, 5.41) is 16.4. The molecule has 4 aromatic rings. The molecule has 0 unspecified atom stereocenters. The number of tetrazole rings is 1. The minimum absolute atomic E-state index is 0.103. The van der Waals surface area contributed by atoms with Gasteiger partial charge in [0.25, 0.3) is 0 Å². The van der Waals surface area contributed by atoms with Gasteiger partial charge in [-0.3, -0.25) is 4.79 Å². The van der Waals surface area contributed by atoms with E-state index in [1.807, 2.05) is 53.9 Å². The monoisotopic (exact) mass is 488 g/mol. The van der Waals surface area contributed by atoms with Crippen molar-refractivity contribution in [3.63, 3.8) is 0 Å². The van der Waals surface area contributed by atoms with E-state index in [-0.39, 0.29) is 12.3 Å². The van der Waals surface area contributed by atoms with Gasteiger partial charge in [0.05, 0.1) is 17.8 Å². The fourth-order valence-corrected chi connectivity index (χ4v) is 3.57. The van der Waals surface area contributed by atoms with Crippen molar-refractivity contribution in [3.8, 4) is 16.9 Å². The van der Waals surface area contributed by atoms with Crippen molar-refractivity contribution in [2.24, 2.45) is 0 Å². The molecule has 0 radical (unpaired) electrons. The molecule has 0 atom stereocenters. The van der Waals surface area contributed by atoms with E-state index in [9.17, 15) is 4.79 Å². The Bertz CT molecular complexity index is 1040. The van der Waals surface area contributed by atoms with Crippen LogP contribution in [0.5, 0.6) is 0 Å². The number of hydrogen-bond acceptors (Lipinski definition) is 6. The van der Waals surface area contributed by atoms with Crippen LogP contribution < -0.4 is 5.32 Å². The number of nitrogens with zero attached hydrogens (tertiary/aromatic N) is 5. The number of rotatable bonds is 5. The molecule has 4 rings (SSSR count). The number of benzene rings is 2. The van der Waals surface area contributed by atoms with Gasteiger partial charge in [-0.25, -0.2) is 9.67 Å². The normalized spacial score (nSPS) is 10.7. The van der Waals surface area contributed by atoms with Crippen LogP contribution in [0.1, 0.15) is 5.56 Å². The highest BCUT2D eigenvalue weighted by atomic mass is 127. The van der Waals surface area contributed by atoms with E-state index in [1.165, 1.54) is 21.2 Å². The molecular weight excluding hydrogens is 475 g/mol. The molecule has 134 valence electrons. The molecule has 7 nitrogen and oxygen atoms in total. The van der Waals surface area contributed by atoms with Crippen molar-refractivity contribution in [1.82, 2.24) is 25.2 Å². The lowest BCUT2D eigenvalue weighted by molar-refractivity contribution is -0.115. The highest BCUT2D eigenvalue weighted by Gasteiger charge is 2.09. The average molecular weight is 488 g/mol. The molecule has 9 heteroatoms. The van der Waals surface area contributed by atoms with Gasteiger partial charge in [-0.2, -0.15) is 0 Å². The van der Waals surface area contributed by atoms with E-state index in [0.29, 0.717) is 5.13 Å². The van der Waals surface area contributed by atoms with Crippen molar-refractivity contribution in [2.75, 3.05) is 5.32 Å². The van der Waals surface area contributed by atoms with Crippen molar-refractivity contribution in [3.05, 3.63) is 69.4 Å². The predicted octanol–water partition coefficient (Wildman–Crippen LogP) is 3.57. The predicted molar refractivity (Wildman–Crippen MR) is 112 cm³/mol. The van der Waals surface area contributed by atoms with Gasteiger partial charge >= 0.3 is 0 Å². The van der Waals surface area contributed by atoms with E-state index in [1.54, 1.807) is 4.68 Å². The third-order valence-electron chi connectivity index (χ3n) is 3.81. The summed E-state index contributed by atoms with van der Waals surface area (Å²) in [6.07, 6.45) is 1.80. The van der Waals surface area contributed by atoms with Crippen LogP contribution in [-0.4, -0.2) is 31.1 Å². The zero-order valence-corrected chi connectivity index (χ0v) is 16.9. The van der Waals surface area contributed by atoms with Crippen LogP contribution in [0.25, 0.3) is 16.9 Å². The SMILES string of the molecule is O=C(Cc1ccc(-n2cnnn2)cc1)Nc1nc(-c2ccc(I)cc2)cs1. The van der Waals surface area contributed by atoms with Gasteiger partial charge in [0.15, 0.2) is 5.13 Å². The summed E-state index contributed by atoms with van der Waals surface area (Å²) in [5.41, 5.74) is 3.63. The highest BCUT2D eigenvalue weighted by molar-refractivity contribution is 14.1. The maximum atomic E-state index is 12.3. The summed E-state index contributed by atoms with van der Waals surface area (Å²) in [7, 11) is 0. The van der Waals surface area contributed by atoms with Gasteiger partial charge in [0.1, 0.15) is 6.33 Å². The average Bonchev–Trinajstić information content (AvgIpc) is 3.35. The summed E-state index contributed by atoms with van der Waals surface area (Å²) in [6, 6.07) is 15.6. The largest absolute Gasteiger partial charge is 0.302 e. The number of amides is 1. The standard InChI is InChI=1S/C18H13IN6OS/c19-14-5-3-13(4-6-14)16-10-27-18(21-16)22-17(26)9-12-1-7-15(8-2-12)25-11-20-23-24-25/h1-8,10-11H,9H2,(H,21,22,26). The quantitative estimate of drug-likeness (QED) is 0.435. The lowest BCUT2D eigenvalue weighted by atomic mass is 10.1. The van der Waals surface area contributed by atoms with Crippen LogP contribution in [0, 0.1) is 3.57 Å². The molecule has 0 bridgehead atoms. The summed E-state index contributed by atoms with van der Waals surface area (Å²) < 4.78 is 2.73. The molecule has 0 saturated heterocycles. The Balaban J connectivity index is 1.39. The van der Waals surface area contributed by atoms with Crippen molar-refractivity contribution < 1.29 is 4.79 Å². The Labute approximate surface area is 172 Å². The Morgan fingerprint density at radius 3 is 2.59 bits per heavy atom. The first kappa shape index (κ1) is 17.7. The molecule has 0 spiro atoms. The first-order valence-corrected chi connectivity index (χ1v) is 9.97. The fraction of sp³-hybridized carbons (Fsp3) is 0.0556. The van der Waals surface area contributed by atoms with Crippen molar-refractivity contribution >= 4 is 45.0 Å². The van der Waals surface area contributed by atoms with E-state index in [2.05, 4.69) is 48.4 Å². The smallest absolute Gasteiger partial charge is 0.230 e. The first-order chi connectivity index (χ1) is 13.2. The zero-order valence-electron chi connectivity index (χ0n) is 13.9.